The molecule has 0 aliphatic carbocycles. The van der Waals surface area contributed by atoms with Crippen molar-refractivity contribution in [3.05, 3.63) is 54.0 Å². The van der Waals surface area contributed by atoms with E-state index in [0.29, 0.717) is 36.1 Å². The predicted octanol–water partition coefficient (Wildman–Crippen LogP) is 3.16. The first-order valence-corrected chi connectivity index (χ1v) is 8.57. The van der Waals surface area contributed by atoms with Crippen LogP contribution < -0.4 is 11.1 Å². The predicted molar refractivity (Wildman–Crippen MR) is 96.2 cm³/mol. The number of anilines is 2. The number of pyridine rings is 1. The average Bonchev–Trinajstić information content (AvgIpc) is 2.63. The summed E-state index contributed by atoms with van der Waals surface area (Å²) in [5.41, 5.74) is 6.75. The lowest BCUT2D eigenvalue weighted by Crippen LogP contribution is -2.45. The van der Waals surface area contributed by atoms with Gasteiger partial charge in [-0.1, -0.05) is 12.1 Å². The van der Waals surface area contributed by atoms with Gasteiger partial charge in [0.05, 0.1) is 11.3 Å². The maximum atomic E-state index is 13.9. The van der Waals surface area contributed by atoms with Crippen LogP contribution in [0.15, 0.2) is 42.6 Å². The summed E-state index contributed by atoms with van der Waals surface area (Å²) in [5, 5.41) is 2.94. The summed E-state index contributed by atoms with van der Waals surface area (Å²) in [6.45, 7) is 3.33. The van der Waals surface area contributed by atoms with Gasteiger partial charge in [0.25, 0.3) is 5.91 Å². The number of halogens is 1. The van der Waals surface area contributed by atoms with Crippen LogP contribution >= 0.6 is 0 Å². The molecule has 132 valence electrons. The van der Waals surface area contributed by atoms with E-state index in [1.54, 1.807) is 36.5 Å². The number of benzene rings is 1. The van der Waals surface area contributed by atoms with Crippen molar-refractivity contribution < 1.29 is 9.18 Å². The van der Waals surface area contributed by atoms with E-state index < -0.39 is 0 Å². The van der Waals surface area contributed by atoms with E-state index in [1.165, 1.54) is 6.07 Å². The van der Waals surface area contributed by atoms with Crippen LogP contribution in [0, 0.1) is 11.7 Å². The minimum absolute atomic E-state index is 0.0560. The summed E-state index contributed by atoms with van der Waals surface area (Å²) >= 11 is 0. The zero-order chi connectivity index (χ0) is 17.8. The van der Waals surface area contributed by atoms with Crippen molar-refractivity contribution >= 4 is 17.4 Å². The molecule has 0 bridgehead atoms. The molecule has 0 radical (unpaired) electrons. The molecular weight excluding hydrogens is 319 g/mol. The normalized spacial score (nSPS) is 18.7. The van der Waals surface area contributed by atoms with E-state index in [9.17, 15) is 9.18 Å². The van der Waals surface area contributed by atoms with Crippen LogP contribution in [-0.2, 0) is 0 Å². The van der Waals surface area contributed by atoms with Gasteiger partial charge in [-0.2, -0.15) is 0 Å². The third kappa shape index (κ3) is 3.96. The van der Waals surface area contributed by atoms with Crippen molar-refractivity contribution in [2.75, 3.05) is 18.4 Å². The lowest BCUT2D eigenvalue weighted by Gasteiger charge is -2.34. The Bertz CT molecular complexity index is 750. The van der Waals surface area contributed by atoms with Crippen LogP contribution in [-0.4, -0.2) is 34.9 Å². The lowest BCUT2D eigenvalue weighted by molar-refractivity contribution is 0.0661. The molecule has 1 amide bonds. The van der Waals surface area contributed by atoms with Gasteiger partial charge in [0.1, 0.15) is 11.6 Å². The summed E-state index contributed by atoms with van der Waals surface area (Å²) in [4.78, 5) is 19.0. The maximum Gasteiger partial charge on any atom is 0.257 e. The highest BCUT2D eigenvalue weighted by atomic mass is 19.1. The smallest absolute Gasteiger partial charge is 0.257 e. The molecule has 0 saturated carbocycles. The number of hydrogen-bond donors (Lipinski definition) is 2. The molecular formula is C19H23FN4O. The van der Waals surface area contributed by atoms with E-state index in [4.69, 9.17) is 5.73 Å². The topological polar surface area (TPSA) is 71.2 Å². The van der Waals surface area contributed by atoms with Crippen molar-refractivity contribution in [3.63, 3.8) is 0 Å². The Morgan fingerprint density at radius 2 is 2.16 bits per heavy atom. The van der Waals surface area contributed by atoms with Crippen molar-refractivity contribution in [1.29, 1.82) is 0 Å². The first-order chi connectivity index (χ1) is 12.1. The zero-order valence-corrected chi connectivity index (χ0v) is 14.3. The van der Waals surface area contributed by atoms with E-state index in [2.05, 4.69) is 10.3 Å². The number of nitrogens with two attached hydrogens (primary N) is 1. The molecule has 3 rings (SSSR count). The second-order valence-electron chi connectivity index (χ2n) is 6.52. The summed E-state index contributed by atoms with van der Waals surface area (Å²) in [6, 6.07) is 9.82. The fraction of sp³-hybridized carbons (Fsp3) is 0.368. The molecule has 2 heterocycles. The molecule has 2 atom stereocenters. The quantitative estimate of drug-likeness (QED) is 0.895. The van der Waals surface area contributed by atoms with Crippen molar-refractivity contribution in [2.45, 2.75) is 25.8 Å². The number of nitrogens with zero attached hydrogens (tertiary/aromatic N) is 2. The number of carbonyl (C=O) groups excluding carboxylic acids is 1. The molecule has 1 fully saturated rings. The number of aromatic nitrogens is 1. The summed E-state index contributed by atoms with van der Waals surface area (Å²) < 4.78 is 13.9. The Morgan fingerprint density at radius 3 is 2.92 bits per heavy atom. The highest BCUT2D eigenvalue weighted by Gasteiger charge is 2.28. The second kappa shape index (κ2) is 7.61. The first kappa shape index (κ1) is 17.4. The molecule has 1 aromatic heterocycles. The molecule has 6 heteroatoms. The molecule has 1 aliphatic heterocycles. The van der Waals surface area contributed by atoms with Crippen LogP contribution in [0.5, 0.6) is 0 Å². The number of carbonyl (C=O) groups is 1. The Morgan fingerprint density at radius 1 is 1.36 bits per heavy atom. The van der Waals surface area contributed by atoms with Gasteiger partial charge in [-0.05, 0) is 49.9 Å². The van der Waals surface area contributed by atoms with Crippen LogP contribution in [0.3, 0.4) is 0 Å². The van der Waals surface area contributed by atoms with E-state index in [1.807, 2.05) is 11.8 Å². The Balaban J connectivity index is 1.83. The number of amides is 1. The number of nitrogens with one attached hydrogen (secondary N) is 1. The third-order valence-electron chi connectivity index (χ3n) is 4.65. The molecule has 2 aromatic rings. The van der Waals surface area contributed by atoms with Crippen LogP contribution in [0.4, 0.5) is 15.9 Å². The zero-order valence-electron chi connectivity index (χ0n) is 14.3. The molecule has 1 saturated heterocycles. The molecule has 25 heavy (non-hydrogen) atoms. The van der Waals surface area contributed by atoms with E-state index >= 15 is 0 Å². The van der Waals surface area contributed by atoms with Gasteiger partial charge in [-0.15, -0.1) is 0 Å². The summed E-state index contributed by atoms with van der Waals surface area (Å²) in [5.74, 6) is 0.178. The van der Waals surface area contributed by atoms with Crippen LogP contribution in [0.1, 0.15) is 30.1 Å². The van der Waals surface area contributed by atoms with E-state index in [0.717, 1.165) is 12.8 Å². The minimum Gasteiger partial charge on any atom is -0.338 e. The van der Waals surface area contributed by atoms with Gasteiger partial charge >= 0.3 is 0 Å². The number of likely N-dealkylation sites (tertiary alicyclic amines) is 1. The fourth-order valence-electron chi connectivity index (χ4n) is 3.16. The van der Waals surface area contributed by atoms with Crippen LogP contribution in [0.2, 0.25) is 0 Å². The molecule has 2 unspecified atom stereocenters. The van der Waals surface area contributed by atoms with Gasteiger partial charge in [0.15, 0.2) is 0 Å². The van der Waals surface area contributed by atoms with Gasteiger partial charge in [-0.3, -0.25) is 4.79 Å². The largest absolute Gasteiger partial charge is 0.338 e. The third-order valence-corrected chi connectivity index (χ3v) is 4.65. The highest BCUT2D eigenvalue weighted by Crippen LogP contribution is 2.25. The van der Waals surface area contributed by atoms with Crippen molar-refractivity contribution in [3.8, 4) is 0 Å². The Hall–Kier alpha value is -2.47. The molecule has 1 aliphatic rings. The lowest BCUT2D eigenvalue weighted by atomic mass is 9.92. The first-order valence-electron chi connectivity index (χ1n) is 8.57. The SMILES string of the molecule is CC(N)C1CCCN(C(=O)c2cccnc2Nc2ccccc2F)C1. The average molecular weight is 342 g/mol. The van der Waals surface area contributed by atoms with Gasteiger partial charge < -0.3 is 16.0 Å². The summed E-state index contributed by atoms with van der Waals surface area (Å²) in [6.07, 6.45) is 3.56. The molecule has 1 aromatic carbocycles. The van der Waals surface area contributed by atoms with Crippen LogP contribution in [0.25, 0.3) is 0 Å². The number of rotatable bonds is 4. The Kier molecular flexibility index (Phi) is 5.28. The van der Waals surface area contributed by atoms with Crippen molar-refractivity contribution in [2.24, 2.45) is 11.7 Å². The fourth-order valence-corrected chi connectivity index (χ4v) is 3.16. The van der Waals surface area contributed by atoms with Gasteiger partial charge in [0.2, 0.25) is 0 Å². The Labute approximate surface area is 147 Å². The van der Waals surface area contributed by atoms with Crippen molar-refractivity contribution in [1.82, 2.24) is 9.88 Å². The maximum absolute atomic E-state index is 13.9. The molecule has 5 nitrogen and oxygen atoms in total. The number of hydrogen-bond acceptors (Lipinski definition) is 4. The molecule has 3 N–H and O–H groups in total. The van der Waals surface area contributed by atoms with E-state index in [-0.39, 0.29) is 17.8 Å². The van der Waals surface area contributed by atoms with Gasteiger partial charge in [0, 0.05) is 25.3 Å². The highest BCUT2D eigenvalue weighted by molar-refractivity contribution is 5.99. The minimum atomic E-state index is -0.387. The molecule has 0 spiro atoms. The number of para-hydroxylation sites is 1. The number of piperidine rings is 1. The summed E-state index contributed by atoms with van der Waals surface area (Å²) in [7, 11) is 0. The standard InChI is InChI=1S/C19H23FN4O/c1-13(21)14-6-5-11-24(12-14)19(25)15-7-4-10-22-18(15)23-17-9-3-2-8-16(17)20/h2-4,7-10,13-14H,5-6,11-12,21H2,1H3,(H,22,23). The monoisotopic (exact) mass is 342 g/mol. The second-order valence-corrected chi connectivity index (χ2v) is 6.52. The van der Waals surface area contributed by atoms with Gasteiger partial charge in [-0.25, -0.2) is 9.37 Å².